The van der Waals surface area contributed by atoms with E-state index in [4.69, 9.17) is 5.73 Å². The molecule has 1 aliphatic rings. The standard InChI is InChI=1S/C20H26N4O.C3H6.C2H6/c1-15-3-8-18(13-19(15)21)22-20(25)17-6-4-16(5-7-17)14-24-11-9-23(2)10-12-24;1-3-2;1-2/h3-8,13H,9-12,14,21H2,1-2H3,(H,22,25);3H,1H2,2H3;1-2H3. The molecular weight excluding hydrogens is 372 g/mol. The van der Waals surface area contributed by atoms with Crippen molar-refractivity contribution in [2.45, 2.75) is 34.2 Å². The molecule has 0 aromatic heterocycles. The summed E-state index contributed by atoms with van der Waals surface area (Å²) < 4.78 is 0. The van der Waals surface area contributed by atoms with Crippen molar-refractivity contribution in [3.8, 4) is 0 Å². The van der Waals surface area contributed by atoms with Gasteiger partial charge in [0.15, 0.2) is 0 Å². The highest BCUT2D eigenvalue weighted by atomic mass is 16.1. The van der Waals surface area contributed by atoms with Gasteiger partial charge in [0.25, 0.3) is 5.91 Å². The molecule has 3 rings (SSSR count). The van der Waals surface area contributed by atoms with E-state index in [2.05, 4.69) is 28.7 Å². The Hall–Kier alpha value is -2.63. The molecule has 0 bridgehead atoms. The van der Waals surface area contributed by atoms with Gasteiger partial charge in [-0.25, -0.2) is 0 Å². The highest BCUT2D eigenvalue weighted by Crippen LogP contribution is 2.18. The first-order valence-electron chi connectivity index (χ1n) is 10.7. The topological polar surface area (TPSA) is 61.6 Å². The molecular formula is C25H38N4O. The fourth-order valence-electron chi connectivity index (χ4n) is 2.95. The zero-order valence-corrected chi connectivity index (χ0v) is 19.2. The van der Waals surface area contributed by atoms with E-state index in [1.54, 1.807) is 12.1 Å². The second-order valence-corrected chi connectivity index (χ2v) is 7.21. The Morgan fingerprint density at radius 2 is 1.67 bits per heavy atom. The molecule has 1 amide bonds. The number of carbonyl (C=O) groups is 1. The number of allylic oxidation sites excluding steroid dienone is 1. The van der Waals surface area contributed by atoms with Gasteiger partial charge in [0.1, 0.15) is 0 Å². The smallest absolute Gasteiger partial charge is 0.255 e. The SMILES string of the molecule is C=CC.CC.Cc1ccc(NC(=O)c2ccc(CN3CCN(C)CC3)cc2)cc1N. The molecule has 0 atom stereocenters. The normalized spacial score (nSPS) is 13.9. The first-order valence-corrected chi connectivity index (χ1v) is 10.7. The Balaban J connectivity index is 0.000000826. The predicted molar refractivity (Wildman–Crippen MR) is 130 cm³/mol. The third-order valence-electron chi connectivity index (χ3n) is 4.76. The number of piperazine rings is 1. The van der Waals surface area contributed by atoms with Gasteiger partial charge in [0.05, 0.1) is 0 Å². The molecule has 0 radical (unpaired) electrons. The first kappa shape index (κ1) is 25.4. The number of nitrogens with zero attached hydrogens (tertiary/aromatic N) is 2. The van der Waals surface area contributed by atoms with Crippen LogP contribution in [0, 0.1) is 6.92 Å². The molecule has 1 fully saturated rings. The summed E-state index contributed by atoms with van der Waals surface area (Å²) in [6.07, 6.45) is 1.75. The molecule has 0 spiro atoms. The molecule has 5 nitrogen and oxygen atoms in total. The van der Waals surface area contributed by atoms with Gasteiger partial charge in [-0.2, -0.15) is 0 Å². The average molecular weight is 411 g/mol. The van der Waals surface area contributed by atoms with Crippen LogP contribution in [0.1, 0.15) is 42.3 Å². The minimum Gasteiger partial charge on any atom is -0.398 e. The third kappa shape index (κ3) is 8.39. The number of aryl methyl sites for hydroxylation is 1. The first-order chi connectivity index (χ1) is 14.4. The number of nitrogens with two attached hydrogens (primary N) is 1. The van der Waals surface area contributed by atoms with Crippen LogP contribution in [-0.2, 0) is 6.54 Å². The quantitative estimate of drug-likeness (QED) is 0.562. The molecule has 1 saturated heterocycles. The van der Waals surface area contributed by atoms with E-state index in [9.17, 15) is 4.79 Å². The molecule has 2 aromatic carbocycles. The van der Waals surface area contributed by atoms with Gasteiger partial charge >= 0.3 is 0 Å². The number of likely N-dealkylation sites (N-methyl/N-ethyl adjacent to an activating group) is 1. The minimum absolute atomic E-state index is 0.116. The van der Waals surface area contributed by atoms with Gasteiger partial charge in [-0.15, -0.1) is 6.58 Å². The van der Waals surface area contributed by atoms with Crippen LogP contribution in [0.2, 0.25) is 0 Å². The molecule has 1 heterocycles. The van der Waals surface area contributed by atoms with E-state index in [0.29, 0.717) is 11.3 Å². The highest BCUT2D eigenvalue weighted by Gasteiger charge is 2.14. The number of nitrogens with one attached hydrogen (secondary N) is 1. The van der Waals surface area contributed by atoms with Crippen molar-refractivity contribution in [2.24, 2.45) is 0 Å². The van der Waals surface area contributed by atoms with Crippen LogP contribution in [0.3, 0.4) is 0 Å². The Bertz CT molecular complexity index is 778. The monoisotopic (exact) mass is 410 g/mol. The molecule has 3 N–H and O–H groups in total. The predicted octanol–water partition coefficient (Wildman–Crippen LogP) is 4.80. The van der Waals surface area contributed by atoms with E-state index >= 15 is 0 Å². The van der Waals surface area contributed by atoms with Gasteiger partial charge in [-0.05, 0) is 56.3 Å². The van der Waals surface area contributed by atoms with Crippen molar-refractivity contribution in [3.63, 3.8) is 0 Å². The molecule has 5 heteroatoms. The van der Waals surface area contributed by atoms with Gasteiger partial charge in [-0.3, -0.25) is 9.69 Å². The molecule has 30 heavy (non-hydrogen) atoms. The van der Waals surface area contributed by atoms with Gasteiger partial charge in [-0.1, -0.05) is 38.1 Å². The maximum atomic E-state index is 12.4. The number of benzene rings is 2. The third-order valence-corrected chi connectivity index (χ3v) is 4.76. The number of amides is 1. The number of carbonyl (C=O) groups excluding carboxylic acids is 1. The lowest BCUT2D eigenvalue weighted by atomic mass is 10.1. The van der Waals surface area contributed by atoms with Crippen molar-refractivity contribution in [1.82, 2.24) is 9.80 Å². The molecule has 1 aliphatic heterocycles. The van der Waals surface area contributed by atoms with Crippen LogP contribution in [0.5, 0.6) is 0 Å². The second kappa shape index (κ2) is 13.6. The van der Waals surface area contributed by atoms with Crippen molar-refractivity contribution >= 4 is 17.3 Å². The van der Waals surface area contributed by atoms with Crippen LogP contribution < -0.4 is 11.1 Å². The Labute approximate surface area is 182 Å². The van der Waals surface area contributed by atoms with Crippen molar-refractivity contribution < 1.29 is 4.79 Å². The fraction of sp³-hybridized carbons (Fsp3) is 0.400. The van der Waals surface area contributed by atoms with E-state index in [1.165, 1.54) is 5.56 Å². The number of nitrogen functional groups attached to an aromatic ring is 1. The zero-order valence-electron chi connectivity index (χ0n) is 19.2. The van der Waals surface area contributed by atoms with E-state index in [1.807, 2.05) is 64.1 Å². The summed E-state index contributed by atoms with van der Waals surface area (Å²) >= 11 is 0. The number of anilines is 2. The highest BCUT2D eigenvalue weighted by molar-refractivity contribution is 6.04. The number of hydrogen-bond donors (Lipinski definition) is 2. The number of hydrogen-bond acceptors (Lipinski definition) is 4. The summed E-state index contributed by atoms with van der Waals surface area (Å²) in [5, 5.41) is 2.90. The Morgan fingerprint density at radius 1 is 1.10 bits per heavy atom. The van der Waals surface area contributed by atoms with Crippen LogP contribution in [0.4, 0.5) is 11.4 Å². The van der Waals surface area contributed by atoms with Gasteiger partial charge < -0.3 is 16.0 Å². The molecule has 2 aromatic rings. The lowest BCUT2D eigenvalue weighted by Gasteiger charge is -2.32. The summed E-state index contributed by atoms with van der Waals surface area (Å²) in [5.74, 6) is -0.116. The molecule has 0 unspecified atom stereocenters. The summed E-state index contributed by atoms with van der Waals surface area (Å²) in [6, 6.07) is 13.4. The summed E-state index contributed by atoms with van der Waals surface area (Å²) in [6.45, 7) is 16.5. The van der Waals surface area contributed by atoms with Crippen LogP contribution >= 0.6 is 0 Å². The minimum atomic E-state index is -0.116. The Morgan fingerprint density at radius 3 is 2.20 bits per heavy atom. The van der Waals surface area contributed by atoms with Crippen LogP contribution in [0.15, 0.2) is 55.1 Å². The fourth-order valence-corrected chi connectivity index (χ4v) is 2.95. The van der Waals surface area contributed by atoms with E-state index in [-0.39, 0.29) is 5.91 Å². The second-order valence-electron chi connectivity index (χ2n) is 7.21. The summed E-state index contributed by atoms with van der Waals surface area (Å²) in [7, 11) is 2.16. The van der Waals surface area contributed by atoms with E-state index < -0.39 is 0 Å². The largest absolute Gasteiger partial charge is 0.398 e. The van der Waals surface area contributed by atoms with Crippen LogP contribution in [-0.4, -0.2) is 48.9 Å². The van der Waals surface area contributed by atoms with Crippen molar-refractivity contribution in [2.75, 3.05) is 44.3 Å². The maximum absolute atomic E-state index is 12.4. The number of rotatable bonds is 4. The molecule has 164 valence electrons. The lowest BCUT2D eigenvalue weighted by Crippen LogP contribution is -2.43. The lowest BCUT2D eigenvalue weighted by molar-refractivity contribution is 0.102. The zero-order chi connectivity index (χ0) is 22.5. The maximum Gasteiger partial charge on any atom is 0.255 e. The Kier molecular flexibility index (Phi) is 11.5. The summed E-state index contributed by atoms with van der Waals surface area (Å²) in [4.78, 5) is 17.2. The average Bonchev–Trinajstić information content (AvgIpc) is 2.75. The molecule has 0 saturated carbocycles. The van der Waals surface area contributed by atoms with Crippen molar-refractivity contribution in [3.05, 3.63) is 71.8 Å². The van der Waals surface area contributed by atoms with Gasteiger partial charge in [0.2, 0.25) is 0 Å². The van der Waals surface area contributed by atoms with E-state index in [0.717, 1.165) is 44.0 Å². The summed E-state index contributed by atoms with van der Waals surface area (Å²) in [5.41, 5.74) is 10.2. The van der Waals surface area contributed by atoms with Crippen molar-refractivity contribution in [1.29, 1.82) is 0 Å². The molecule has 0 aliphatic carbocycles. The van der Waals surface area contributed by atoms with Crippen LogP contribution in [0.25, 0.3) is 0 Å². The van der Waals surface area contributed by atoms with Gasteiger partial charge in [0, 0.05) is 49.7 Å².